The van der Waals surface area contributed by atoms with Crippen molar-refractivity contribution in [3.63, 3.8) is 0 Å². The van der Waals surface area contributed by atoms with Crippen LogP contribution in [0.5, 0.6) is 5.75 Å². The number of pyridine rings is 1. The van der Waals surface area contributed by atoms with E-state index in [-0.39, 0.29) is 15.7 Å². The van der Waals surface area contributed by atoms with Crippen LogP contribution in [0.2, 0.25) is 0 Å². The van der Waals surface area contributed by atoms with Crippen LogP contribution in [-0.4, -0.2) is 17.3 Å². The molecular formula is C20H15BrF3N3O3. The number of amides is 1. The minimum Gasteiger partial charge on any atom is -0.405 e. The number of carbonyl (C=O) groups excluding carboxylic acids is 1. The normalized spacial score (nSPS) is 11.1. The van der Waals surface area contributed by atoms with Gasteiger partial charge in [-0.1, -0.05) is 18.2 Å². The summed E-state index contributed by atoms with van der Waals surface area (Å²) in [5, 5.41) is 5.77. The Balaban J connectivity index is 1.72. The number of anilines is 2. The molecule has 1 aromatic heterocycles. The van der Waals surface area contributed by atoms with Gasteiger partial charge in [-0.25, -0.2) is 0 Å². The van der Waals surface area contributed by atoms with Crippen molar-refractivity contribution in [2.75, 3.05) is 10.6 Å². The number of hydrogen-bond acceptors (Lipinski definition) is 4. The van der Waals surface area contributed by atoms with Crippen molar-refractivity contribution in [2.24, 2.45) is 0 Å². The first kappa shape index (κ1) is 21.4. The van der Waals surface area contributed by atoms with Crippen molar-refractivity contribution in [3.05, 3.63) is 86.7 Å². The van der Waals surface area contributed by atoms with E-state index in [1.807, 2.05) is 0 Å². The van der Waals surface area contributed by atoms with Crippen LogP contribution < -0.4 is 20.9 Å². The minimum atomic E-state index is -4.82. The molecule has 0 spiro atoms. The SMILES string of the molecule is O=C(Nc1ccc(OC(F)(F)F)c(Br)c1)c1ccccc1NCc1ccc(=O)[nH]c1. The number of hydrogen-bond donors (Lipinski definition) is 3. The predicted molar refractivity (Wildman–Crippen MR) is 110 cm³/mol. The van der Waals surface area contributed by atoms with Crippen LogP contribution in [0.3, 0.4) is 0 Å². The molecule has 156 valence electrons. The fourth-order valence-electron chi connectivity index (χ4n) is 2.57. The van der Waals surface area contributed by atoms with Gasteiger partial charge in [-0.3, -0.25) is 9.59 Å². The van der Waals surface area contributed by atoms with E-state index < -0.39 is 18.0 Å². The molecule has 0 radical (unpaired) electrons. The number of aromatic nitrogens is 1. The van der Waals surface area contributed by atoms with Gasteiger partial charge in [0.1, 0.15) is 5.75 Å². The van der Waals surface area contributed by atoms with E-state index in [0.717, 1.165) is 11.6 Å². The third-order valence-electron chi connectivity index (χ3n) is 3.92. The largest absolute Gasteiger partial charge is 0.573 e. The van der Waals surface area contributed by atoms with Crippen molar-refractivity contribution in [3.8, 4) is 5.75 Å². The first-order valence-corrected chi connectivity index (χ1v) is 9.38. The second-order valence-electron chi connectivity index (χ2n) is 6.11. The highest BCUT2D eigenvalue weighted by atomic mass is 79.9. The highest BCUT2D eigenvalue weighted by molar-refractivity contribution is 9.10. The molecule has 10 heteroatoms. The van der Waals surface area contributed by atoms with Crippen LogP contribution in [-0.2, 0) is 6.54 Å². The van der Waals surface area contributed by atoms with Gasteiger partial charge in [0.2, 0.25) is 5.56 Å². The lowest BCUT2D eigenvalue weighted by Crippen LogP contribution is -2.18. The number of para-hydroxylation sites is 1. The van der Waals surface area contributed by atoms with Crippen LogP contribution in [0.15, 0.2) is 70.1 Å². The zero-order valence-electron chi connectivity index (χ0n) is 15.2. The zero-order chi connectivity index (χ0) is 21.7. The number of aromatic amines is 1. The molecule has 3 N–H and O–H groups in total. The number of carbonyl (C=O) groups is 1. The maximum absolute atomic E-state index is 12.7. The topological polar surface area (TPSA) is 83.2 Å². The summed E-state index contributed by atoms with van der Waals surface area (Å²) in [5.41, 5.74) is 1.79. The molecule has 6 nitrogen and oxygen atoms in total. The highest BCUT2D eigenvalue weighted by Crippen LogP contribution is 2.32. The molecule has 0 aliphatic rings. The van der Waals surface area contributed by atoms with Crippen molar-refractivity contribution in [1.82, 2.24) is 4.98 Å². The van der Waals surface area contributed by atoms with E-state index in [4.69, 9.17) is 0 Å². The summed E-state index contributed by atoms with van der Waals surface area (Å²) in [6, 6.07) is 13.6. The average Bonchev–Trinajstić information content (AvgIpc) is 2.69. The van der Waals surface area contributed by atoms with Gasteiger partial charge in [-0.2, -0.15) is 0 Å². The first-order chi connectivity index (χ1) is 14.2. The number of ether oxygens (including phenoxy) is 1. The minimum absolute atomic E-state index is 0.0436. The summed E-state index contributed by atoms with van der Waals surface area (Å²) in [5.74, 6) is -0.862. The monoisotopic (exact) mass is 481 g/mol. The van der Waals surface area contributed by atoms with E-state index in [2.05, 4.69) is 36.3 Å². The van der Waals surface area contributed by atoms with Gasteiger partial charge in [0, 0.05) is 30.2 Å². The standard InChI is InChI=1S/C20H15BrF3N3O3/c21-15-9-13(6-7-17(15)30-20(22,23)24)27-19(29)14-3-1-2-4-16(14)25-10-12-5-8-18(28)26-11-12/h1-9,11,25H,10H2,(H,26,28)(H,27,29). The van der Waals surface area contributed by atoms with E-state index >= 15 is 0 Å². The summed E-state index contributed by atoms with van der Waals surface area (Å²) in [7, 11) is 0. The van der Waals surface area contributed by atoms with Crippen LogP contribution >= 0.6 is 15.9 Å². The fourth-order valence-corrected chi connectivity index (χ4v) is 3.03. The molecule has 30 heavy (non-hydrogen) atoms. The summed E-state index contributed by atoms with van der Waals surface area (Å²) in [6.45, 7) is 0.371. The molecule has 0 unspecified atom stereocenters. The number of rotatable bonds is 6. The number of benzene rings is 2. The Morgan fingerprint density at radius 2 is 1.87 bits per heavy atom. The van der Waals surface area contributed by atoms with Crippen LogP contribution in [0, 0.1) is 0 Å². The Kier molecular flexibility index (Phi) is 6.46. The molecule has 1 heterocycles. The first-order valence-electron chi connectivity index (χ1n) is 8.58. The van der Waals surface area contributed by atoms with Crippen molar-refractivity contribution < 1.29 is 22.7 Å². The number of halogens is 4. The van der Waals surface area contributed by atoms with Gasteiger partial charge in [-0.05, 0) is 51.8 Å². The second kappa shape index (κ2) is 9.04. The molecule has 0 bridgehead atoms. The molecular weight excluding hydrogens is 467 g/mol. The maximum atomic E-state index is 12.7. The summed E-state index contributed by atoms with van der Waals surface area (Å²) in [4.78, 5) is 26.4. The van der Waals surface area contributed by atoms with E-state index in [9.17, 15) is 22.8 Å². The Bertz CT molecular complexity index is 1100. The van der Waals surface area contributed by atoms with Crippen molar-refractivity contribution in [2.45, 2.75) is 12.9 Å². The third kappa shape index (κ3) is 5.86. The van der Waals surface area contributed by atoms with Gasteiger partial charge in [0.15, 0.2) is 0 Å². The molecule has 0 aliphatic carbocycles. The molecule has 0 fully saturated rings. The van der Waals surface area contributed by atoms with Crippen LogP contribution in [0.25, 0.3) is 0 Å². The molecule has 1 amide bonds. The summed E-state index contributed by atoms with van der Waals surface area (Å²) < 4.78 is 41.1. The quantitative estimate of drug-likeness (QED) is 0.467. The lowest BCUT2D eigenvalue weighted by Gasteiger charge is -2.14. The predicted octanol–water partition coefficient (Wildman–Crippen LogP) is 4.90. The maximum Gasteiger partial charge on any atom is 0.573 e. The molecule has 0 saturated heterocycles. The average molecular weight is 482 g/mol. The Hall–Kier alpha value is -3.27. The lowest BCUT2D eigenvalue weighted by molar-refractivity contribution is -0.274. The van der Waals surface area contributed by atoms with Crippen LogP contribution in [0.1, 0.15) is 15.9 Å². The van der Waals surface area contributed by atoms with Crippen molar-refractivity contribution in [1.29, 1.82) is 0 Å². The Morgan fingerprint density at radius 3 is 2.53 bits per heavy atom. The number of H-pyrrole nitrogens is 1. The number of nitrogens with one attached hydrogen (secondary N) is 3. The Morgan fingerprint density at radius 1 is 1.10 bits per heavy atom. The molecule has 0 aliphatic heterocycles. The van der Waals surface area contributed by atoms with Gasteiger partial charge < -0.3 is 20.4 Å². The molecule has 0 atom stereocenters. The third-order valence-corrected chi connectivity index (χ3v) is 4.54. The molecule has 0 saturated carbocycles. The van der Waals surface area contributed by atoms with Gasteiger partial charge >= 0.3 is 6.36 Å². The Labute approximate surface area is 177 Å². The van der Waals surface area contributed by atoms with Crippen molar-refractivity contribution >= 4 is 33.2 Å². The highest BCUT2D eigenvalue weighted by Gasteiger charge is 2.32. The molecule has 3 aromatic rings. The summed E-state index contributed by atoms with van der Waals surface area (Å²) in [6.07, 6.45) is -3.25. The zero-order valence-corrected chi connectivity index (χ0v) is 16.8. The van der Waals surface area contributed by atoms with Gasteiger partial charge in [0.05, 0.1) is 10.0 Å². The van der Waals surface area contributed by atoms with Gasteiger partial charge in [-0.15, -0.1) is 13.2 Å². The van der Waals surface area contributed by atoms with E-state index in [1.54, 1.807) is 36.5 Å². The smallest absolute Gasteiger partial charge is 0.405 e. The lowest BCUT2D eigenvalue weighted by atomic mass is 10.1. The van der Waals surface area contributed by atoms with Crippen LogP contribution in [0.4, 0.5) is 24.5 Å². The fraction of sp³-hybridized carbons (Fsp3) is 0.100. The van der Waals surface area contributed by atoms with E-state index in [0.29, 0.717) is 17.8 Å². The second-order valence-corrected chi connectivity index (χ2v) is 6.96. The van der Waals surface area contributed by atoms with E-state index in [1.165, 1.54) is 18.2 Å². The molecule has 2 aromatic carbocycles. The van der Waals surface area contributed by atoms with Gasteiger partial charge in [0.25, 0.3) is 5.91 Å². The number of alkyl halides is 3. The molecule has 3 rings (SSSR count). The summed E-state index contributed by atoms with van der Waals surface area (Å²) >= 11 is 3.00.